The van der Waals surface area contributed by atoms with E-state index in [1.54, 1.807) is 0 Å². The van der Waals surface area contributed by atoms with Gasteiger partial charge in [-0.15, -0.1) is 10.2 Å². The van der Waals surface area contributed by atoms with Gasteiger partial charge in [0.1, 0.15) is 5.03 Å². The molecular formula is C18H15N5S2. The van der Waals surface area contributed by atoms with Crippen molar-refractivity contribution in [2.45, 2.75) is 16.3 Å². The lowest BCUT2D eigenvalue weighted by Gasteiger charge is -2.07. The maximum Gasteiger partial charge on any atom is 0.206 e. The molecule has 0 saturated heterocycles. The van der Waals surface area contributed by atoms with Crippen LogP contribution in [0, 0.1) is 0 Å². The topological polar surface area (TPSA) is 63.6 Å². The van der Waals surface area contributed by atoms with Crippen LogP contribution in [0.5, 0.6) is 0 Å². The average Bonchev–Trinajstić information content (AvgIpc) is 3.10. The predicted molar refractivity (Wildman–Crippen MR) is 103 cm³/mol. The number of hydrogen-bond donors (Lipinski definition) is 1. The maximum atomic E-state index is 4.79. The first-order valence-corrected chi connectivity index (χ1v) is 9.54. The number of aromatic nitrogens is 4. The fraction of sp³-hybridized carbons (Fsp3) is 0.111. The molecule has 0 spiro atoms. The summed E-state index contributed by atoms with van der Waals surface area (Å²) in [5.74, 6) is 0.721. The first kappa shape index (κ1) is 16.0. The highest BCUT2D eigenvalue weighted by Gasteiger charge is 2.13. The Kier molecular flexibility index (Phi) is 4.58. The SMILES string of the molecule is CCNc1nnc(Sc2nc(-c3ccccc3)nc3ccccc23)s1. The van der Waals surface area contributed by atoms with Crippen LogP contribution in [0.25, 0.3) is 22.3 Å². The molecule has 0 aliphatic rings. The van der Waals surface area contributed by atoms with E-state index in [4.69, 9.17) is 9.97 Å². The highest BCUT2D eigenvalue weighted by molar-refractivity contribution is 8.01. The van der Waals surface area contributed by atoms with Gasteiger partial charge in [-0.1, -0.05) is 59.9 Å². The largest absolute Gasteiger partial charge is 0.360 e. The summed E-state index contributed by atoms with van der Waals surface area (Å²) < 4.78 is 0.860. The van der Waals surface area contributed by atoms with Crippen LogP contribution in [0.3, 0.4) is 0 Å². The zero-order valence-electron chi connectivity index (χ0n) is 13.5. The Bertz CT molecular complexity index is 1000. The Morgan fingerprint density at radius 2 is 1.76 bits per heavy atom. The van der Waals surface area contributed by atoms with Gasteiger partial charge in [-0.25, -0.2) is 9.97 Å². The van der Waals surface area contributed by atoms with Gasteiger partial charge in [0.25, 0.3) is 0 Å². The molecule has 0 bridgehead atoms. The molecule has 7 heteroatoms. The van der Waals surface area contributed by atoms with Gasteiger partial charge in [-0.3, -0.25) is 0 Å². The van der Waals surface area contributed by atoms with Gasteiger partial charge < -0.3 is 5.32 Å². The fourth-order valence-corrected chi connectivity index (χ4v) is 4.25. The van der Waals surface area contributed by atoms with Gasteiger partial charge in [0, 0.05) is 17.5 Å². The Balaban J connectivity index is 1.78. The molecule has 124 valence electrons. The fourth-order valence-electron chi connectivity index (χ4n) is 2.40. The Morgan fingerprint density at radius 1 is 0.960 bits per heavy atom. The number of anilines is 1. The van der Waals surface area contributed by atoms with Crippen LogP contribution in [0.2, 0.25) is 0 Å². The normalized spacial score (nSPS) is 10.9. The van der Waals surface area contributed by atoms with Crippen LogP contribution in [-0.4, -0.2) is 26.7 Å². The van der Waals surface area contributed by atoms with Crippen LogP contribution in [0.4, 0.5) is 5.13 Å². The predicted octanol–water partition coefficient (Wildman–Crippen LogP) is 4.73. The molecule has 5 nitrogen and oxygen atoms in total. The molecule has 0 aliphatic heterocycles. The van der Waals surface area contributed by atoms with E-state index in [2.05, 4.69) is 15.5 Å². The molecule has 2 aromatic heterocycles. The van der Waals surface area contributed by atoms with E-state index in [0.717, 1.165) is 43.3 Å². The Hall–Kier alpha value is -2.51. The van der Waals surface area contributed by atoms with Crippen molar-refractivity contribution in [1.29, 1.82) is 0 Å². The smallest absolute Gasteiger partial charge is 0.206 e. The van der Waals surface area contributed by atoms with Gasteiger partial charge in [-0.05, 0) is 24.8 Å². The van der Waals surface area contributed by atoms with E-state index >= 15 is 0 Å². The van der Waals surface area contributed by atoms with Gasteiger partial charge in [0.15, 0.2) is 10.2 Å². The lowest BCUT2D eigenvalue weighted by molar-refractivity contribution is 0.998. The molecule has 0 unspecified atom stereocenters. The van der Waals surface area contributed by atoms with Crippen molar-refractivity contribution in [3.8, 4) is 11.4 Å². The van der Waals surface area contributed by atoms with E-state index in [-0.39, 0.29) is 0 Å². The molecule has 0 amide bonds. The monoisotopic (exact) mass is 365 g/mol. The van der Waals surface area contributed by atoms with E-state index in [9.17, 15) is 0 Å². The highest BCUT2D eigenvalue weighted by Crippen LogP contribution is 2.35. The number of nitrogens with one attached hydrogen (secondary N) is 1. The molecule has 2 heterocycles. The first-order chi connectivity index (χ1) is 12.3. The van der Waals surface area contributed by atoms with Gasteiger partial charge in [0.2, 0.25) is 5.13 Å². The Labute approximate surface area is 153 Å². The highest BCUT2D eigenvalue weighted by atomic mass is 32.2. The van der Waals surface area contributed by atoms with Crippen LogP contribution in [0.1, 0.15) is 6.92 Å². The molecule has 0 atom stereocenters. The van der Waals surface area contributed by atoms with Crippen molar-refractivity contribution in [1.82, 2.24) is 20.2 Å². The summed E-state index contributed by atoms with van der Waals surface area (Å²) >= 11 is 3.06. The third-order valence-corrected chi connectivity index (χ3v) is 5.46. The van der Waals surface area contributed by atoms with Crippen molar-refractivity contribution in [2.75, 3.05) is 11.9 Å². The van der Waals surface area contributed by atoms with Gasteiger partial charge >= 0.3 is 0 Å². The molecule has 0 aliphatic carbocycles. The second kappa shape index (κ2) is 7.16. The molecule has 0 saturated carbocycles. The lowest BCUT2D eigenvalue weighted by atomic mass is 10.2. The zero-order valence-corrected chi connectivity index (χ0v) is 15.1. The molecule has 0 fully saturated rings. The lowest BCUT2D eigenvalue weighted by Crippen LogP contribution is -1.94. The number of rotatable bonds is 5. The minimum atomic E-state index is 0.721. The van der Waals surface area contributed by atoms with E-state index < -0.39 is 0 Å². The quantitative estimate of drug-likeness (QED) is 0.516. The van der Waals surface area contributed by atoms with Crippen LogP contribution < -0.4 is 5.32 Å². The number of para-hydroxylation sites is 1. The summed E-state index contributed by atoms with van der Waals surface area (Å²) in [7, 11) is 0. The van der Waals surface area contributed by atoms with Gasteiger partial charge in [0.05, 0.1) is 5.52 Å². The molecule has 1 N–H and O–H groups in total. The second-order valence-electron chi connectivity index (χ2n) is 5.24. The van der Waals surface area contributed by atoms with E-state index in [0.29, 0.717) is 0 Å². The van der Waals surface area contributed by atoms with Crippen LogP contribution in [0.15, 0.2) is 64.0 Å². The summed E-state index contributed by atoms with van der Waals surface area (Å²) in [6.07, 6.45) is 0. The number of hydrogen-bond acceptors (Lipinski definition) is 7. The zero-order chi connectivity index (χ0) is 17.1. The minimum Gasteiger partial charge on any atom is -0.360 e. The summed E-state index contributed by atoms with van der Waals surface area (Å²) in [5, 5.41) is 14.3. The van der Waals surface area contributed by atoms with Crippen molar-refractivity contribution < 1.29 is 0 Å². The number of fused-ring (bicyclic) bond motifs is 1. The van der Waals surface area contributed by atoms with Gasteiger partial charge in [-0.2, -0.15) is 0 Å². The summed E-state index contributed by atoms with van der Waals surface area (Å²) in [6.45, 7) is 2.87. The standard InChI is InChI=1S/C18H15N5S2/c1-2-19-17-22-23-18(25-17)24-16-13-10-6-7-11-14(13)20-15(21-16)12-8-4-3-5-9-12/h3-11H,2H2,1H3,(H,19,22). The van der Waals surface area contributed by atoms with E-state index in [1.165, 1.54) is 23.1 Å². The number of nitrogens with zero attached hydrogens (tertiary/aromatic N) is 4. The molecular weight excluding hydrogens is 350 g/mol. The average molecular weight is 365 g/mol. The van der Waals surface area contributed by atoms with Crippen molar-refractivity contribution >= 4 is 39.1 Å². The molecule has 2 aromatic carbocycles. The van der Waals surface area contributed by atoms with Crippen LogP contribution in [-0.2, 0) is 0 Å². The van der Waals surface area contributed by atoms with Crippen molar-refractivity contribution in [3.05, 3.63) is 54.6 Å². The molecule has 4 aromatic rings. The summed E-state index contributed by atoms with van der Waals surface area (Å²) in [5.41, 5.74) is 1.93. The minimum absolute atomic E-state index is 0.721. The second-order valence-corrected chi connectivity index (χ2v) is 7.45. The third-order valence-electron chi connectivity index (χ3n) is 3.52. The van der Waals surface area contributed by atoms with Crippen LogP contribution >= 0.6 is 23.1 Å². The maximum absolute atomic E-state index is 4.79. The Morgan fingerprint density at radius 3 is 2.60 bits per heavy atom. The molecule has 4 rings (SSSR count). The van der Waals surface area contributed by atoms with E-state index in [1.807, 2.05) is 61.5 Å². The molecule has 25 heavy (non-hydrogen) atoms. The molecule has 0 radical (unpaired) electrons. The number of benzene rings is 2. The first-order valence-electron chi connectivity index (χ1n) is 7.91. The third kappa shape index (κ3) is 3.47. The van der Waals surface area contributed by atoms with Crippen molar-refractivity contribution in [2.24, 2.45) is 0 Å². The summed E-state index contributed by atoms with van der Waals surface area (Å²) in [4.78, 5) is 9.50. The van der Waals surface area contributed by atoms with Crippen molar-refractivity contribution in [3.63, 3.8) is 0 Å². The summed E-state index contributed by atoms with van der Waals surface area (Å²) in [6, 6.07) is 18.1.